The summed E-state index contributed by atoms with van der Waals surface area (Å²) in [6, 6.07) is -0.725. The minimum atomic E-state index is -1.41. The third-order valence-corrected chi connectivity index (χ3v) is 4.44. The molecule has 0 amide bonds. The molecule has 106 valence electrons. The smallest absolute Gasteiger partial charge is 0.307 e. The molecule has 0 aromatic rings. The van der Waals surface area contributed by atoms with Crippen LogP contribution >= 0.6 is 0 Å². The van der Waals surface area contributed by atoms with Crippen molar-refractivity contribution in [2.24, 2.45) is 0 Å². The summed E-state index contributed by atoms with van der Waals surface area (Å²) in [7, 11) is 0. The molecule has 0 bridgehead atoms. The minimum absolute atomic E-state index is 0.0772. The average Bonchev–Trinajstić information content (AvgIpc) is 2.95. The van der Waals surface area contributed by atoms with Crippen LogP contribution in [0.3, 0.4) is 0 Å². The molecule has 18 heavy (non-hydrogen) atoms. The average molecular weight is 279 g/mol. The van der Waals surface area contributed by atoms with E-state index in [2.05, 4.69) is 4.72 Å². The summed E-state index contributed by atoms with van der Waals surface area (Å²) in [4.78, 5) is 11.4. The SMILES string of the molecule is CCOC(=O)C[C@H](N[S@+]([O-])C(C)(C)C)C1(F)CC1. The molecule has 0 aromatic carbocycles. The van der Waals surface area contributed by atoms with Crippen LogP contribution in [-0.2, 0) is 20.9 Å². The maximum atomic E-state index is 14.1. The highest BCUT2D eigenvalue weighted by Gasteiger charge is 2.53. The van der Waals surface area contributed by atoms with Crippen LogP contribution in [-0.4, -0.2) is 33.6 Å². The topological polar surface area (TPSA) is 61.4 Å². The van der Waals surface area contributed by atoms with Crippen molar-refractivity contribution in [2.45, 2.75) is 63.4 Å². The maximum Gasteiger partial charge on any atom is 0.307 e. The zero-order valence-corrected chi connectivity index (χ0v) is 12.2. The summed E-state index contributed by atoms with van der Waals surface area (Å²) in [6.07, 6.45) is 0.739. The van der Waals surface area contributed by atoms with Crippen LogP contribution in [0.25, 0.3) is 0 Å². The first kappa shape index (κ1) is 15.7. The van der Waals surface area contributed by atoms with Gasteiger partial charge in [0.25, 0.3) is 0 Å². The molecular formula is C12H22FNO3S. The number of halogens is 1. The Morgan fingerprint density at radius 3 is 2.50 bits per heavy atom. The third kappa shape index (κ3) is 4.40. The lowest BCUT2D eigenvalue weighted by molar-refractivity contribution is -0.144. The molecule has 0 heterocycles. The van der Waals surface area contributed by atoms with E-state index in [0.29, 0.717) is 12.8 Å². The number of carbonyl (C=O) groups excluding carboxylic acids is 1. The maximum absolute atomic E-state index is 14.1. The van der Waals surface area contributed by atoms with Gasteiger partial charge in [-0.1, -0.05) is 0 Å². The van der Waals surface area contributed by atoms with Gasteiger partial charge in [-0.2, -0.15) is 0 Å². The Balaban J connectivity index is 2.60. The molecule has 6 heteroatoms. The Labute approximate surface area is 111 Å². The van der Waals surface area contributed by atoms with E-state index in [1.165, 1.54) is 0 Å². The summed E-state index contributed by atoms with van der Waals surface area (Å²) in [5.74, 6) is -0.454. The molecule has 0 saturated heterocycles. The van der Waals surface area contributed by atoms with Crippen molar-refractivity contribution >= 4 is 17.3 Å². The van der Waals surface area contributed by atoms with Crippen LogP contribution < -0.4 is 4.72 Å². The normalized spacial score (nSPS) is 21.2. The van der Waals surface area contributed by atoms with Crippen LogP contribution in [0.4, 0.5) is 4.39 Å². The Hall–Kier alpha value is -0.330. The van der Waals surface area contributed by atoms with Crippen LogP contribution in [0.15, 0.2) is 0 Å². The van der Waals surface area contributed by atoms with Crippen molar-refractivity contribution < 1.29 is 18.5 Å². The minimum Gasteiger partial charge on any atom is -0.598 e. The molecule has 1 fully saturated rings. The second-order valence-corrected chi connectivity index (χ2v) is 7.59. The van der Waals surface area contributed by atoms with E-state index in [1.807, 2.05) is 0 Å². The standard InChI is InChI=1S/C12H22FNO3S/c1-5-17-10(15)8-9(12(13)6-7-12)14-18(16)11(2,3)4/h9,14H,5-8H2,1-4H3/t9-,18+/m0/s1. The first-order valence-corrected chi connectivity index (χ1v) is 7.36. The lowest BCUT2D eigenvalue weighted by Crippen LogP contribution is -2.50. The molecule has 1 saturated carbocycles. The zero-order valence-electron chi connectivity index (χ0n) is 11.4. The fraction of sp³-hybridized carbons (Fsp3) is 0.917. The van der Waals surface area contributed by atoms with Crippen molar-refractivity contribution in [2.75, 3.05) is 6.61 Å². The molecule has 4 nitrogen and oxygen atoms in total. The van der Waals surface area contributed by atoms with Gasteiger partial charge in [-0.15, -0.1) is 4.72 Å². The van der Waals surface area contributed by atoms with E-state index in [-0.39, 0.29) is 13.0 Å². The first-order valence-electron chi connectivity index (χ1n) is 6.21. The number of hydrogen-bond acceptors (Lipinski definition) is 4. The monoisotopic (exact) mass is 279 g/mol. The second-order valence-electron chi connectivity index (χ2n) is 5.60. The number of alkyl halides is 1. The van der Waals surface area contributed by atoms with Crippen molar-refractivity contribution in [3.63, 3.8) is 0 Å². The van der Waals surface area contributed by atoms with E-state index in [9.17, 15) is 13.7 Å². The molecule has 0 radical (unpaired) electrons. The lowest BCUT2D eigenvalue weighted by atomic mass is 10.1. The first-order chi connectivity index (χ1) is 8.19. The molecule has 1 aliphatic carbocycles. The van der Waals surface area contributed by atoms with Gasteiger partial charge in [0.2, 0.25) is 0 Å². The molecule has 1 aliphatic rings. The van der Waals surface area contributed by atoms with Crippen molar-refractivity contribution in [1.29, 1.82) is 0 Å². The van der Waals surface area contributed by atoms with Crippen molar-refractivity contribution in [3.8, 4) is 0 Å². The van der Waals surface area contributed by atoms with E-state index in [1.54, 1.807) is 27.7 Å². The van der Waals surface area contributed by atoms with Crippen LogP contribution in [0, 0.1) is 0 Å². The van der Waals surface area contributed by atoms with Gasteiger partial charge in [-0.3, -0.25) is 4.79 Å². The summed E-state index contributed by atoms with van der Waals surface area (Å²) in [5.41, 5.74) is -1.41. The highest BCUT2D eigenvalue weighted by atomic mass is 32.2. The summed E-state index contributed by atoms with van der Waals surface area (Å²) in [5, 5.41) is 0. The Kier molecular flexibility index (Phi) is 5.03. The van der Waals surface area contributed by atoms with Gasteiger partial charge in [0.15, 0.2) is 0 Å². The van der Waals surface area contributed by atoms with Gasteiger partial charge >= 0.3 is 5.97 Å². The zero-order chi connectivity index (χ0) is 14.0. The number of ether oxygens (including phenoxy) is 1. The highest BCUT2D eigenvalue weighted by molar-refractivity contribution is 7.90. The van der Waals surface area contributed by atoms with Gasteiger partial charge in [-0.25, -0.2) is 4.39 Å². The fourth-order valence-electron chi connectivity index (χ4n) is 1.49. The van der Waals surface area contributed by atoms with Crippen LogP contribution in [0.2, 0.25) is 0 Å². The number of nitrogens with one attached hydrogen (secondary N) is 1. The summed E-state index contributed by atoms with van der Waals surface area (Å²) < 4.78 is 33.2. The predicted molar refractivity (Wildman–Crippen MR) is 69.1 cm³/mol. The quantitative estimate of drug-likeness (QED) is 0.595. The largest absolute Gasteiger partial charge is 0.598 e. The molecule has 1 rings (SSSR count). The molecule has 0 aliphatic heterocycles. The van der Waals surface area contributed by atoms with Gasteiger partial charge in [0, 0.05) is 11.4 Å². The molecule has 2 atom stereocenters. The number of carbonyl (C=O) groups is 1. The van der Waals surface area contributed by atoms with Gasteiger partial charge < -0.3 is 9.29 Å². The Morgan fingerprint density at radius 1 is 1.56 bits per heavy atom. The van der Waals surface area contributed by atoms with Crippen LogP contribution in [0.1, 0.15) is 47.0 Å². The fourth-order valence-corrected chi connectivity index (χ4v) is 2.40. The second kappa shape index (κ2) is 5.75. The van der Waals surface area contributed by atoms with Gasteiger partial charge in [-0.05, 0) is 40.5 Å². The number of hydrogen-bond donors (Lipinski definition) is 1. The van der Waals surface area contributed by atoms with Gasteiger partial charge in [0.1, 0.15) is 10.4 Å². The number of esters is 1. The number of rotatable bonds is 6. The van der Waals surface area contributed by atoms with Crippen LogP contribution in [0.5, 0.6) is 0 Å². The highest BCUT2D eigenvalue weighted by Crippen LogP contribution is 2.44. The molecule has 0 aromatic heterocycles. The van der Waals surface area contributed by atoms with E-state index < -0.39 is 33.8 Å². The van der Waals surface area contributed by atoms with E-state index >= 15 is 0 Å². The summed E-state index contributed by atoms with van der Waals surface area (Å²) in [6.45, 7) is 7.38. The Morgan fingerprint density at radius 2 is 2.11 bits per heavy atom. The van der Waals surface area contributed by atoms with E-state index in [0.717, 1.165) is 0 Å². The predicted octanol–water partition coefficient (Wildman–Crippen LogP) is 1.86. The molecule has 1 N–H and O–H groups in total. The summed E-state index contributed by atoms with van der Waals surface area (Å²) >= 11 is -1.39. The molecule has 0 unspecified atom stereocenters. The van der Waals surface area contributed by atoms with Crippen molar-refractivity contribution in [3.05, 3.63) is 0 Å². The van der Waals surface area contributed by atoms with Crippen molar-refractivity contribution in [1.82, 2.24) is 4.72 Å². The van der Waals surface area contributed by atoms with Gasteiger partial charge in [0.05, 0.1) is 19.1 Å². The lowest BCUT2D eigenvalue weighted by Gasteiger charge is -2.29. The third-order valence-electron chi connectivity index (χ3n) is 2.83. The Bertz CT molecular complexity index is 302. The molecular weight excluding hydrogens is 257 g/mol. The molecule has 0 spiro atoms. The van der Waals surface area contributed by atoms with E-state index in [4.69, 9.17) is 4.74 Å².